The summed E-state index contributed by atoms with van der Waals surface area (Å²) in [5.41, 5.74) is 15.8. The monoisotopic (exact) mass is 644 g/mol. The minimum Gasteiger partial charge on any atom is -0.334 e. The van der Waals surface area contributed by atoms with Gasteiger partial charge in [-0.15, -0.1) is 0 Å². The number of hydrogen-bond donors (Lipinski definition) is 0. The van der Waals surface area contributed by atoms with Crippen LogP contribution in [-0.4, -0.2) is 10.6 Å². The quantitative estimate of drug-likeness (QED) is 0.190. The largest absolute Gasteiger partial charge is 0.334 e. The maximum Gasteiger partial charge on any atom is 0.0629 e. The first-order valence-corrected chi connectivity index (χ1v) is 18.2. The van der Waals surface area contributed by atoms with Gasteiger partial charge < -0.3 is 9.47 Å². The van der Waals surface area contributed by atoms with Crippen molar-refractivity contribution in [3.63, 3.8) is 0 Å². The summed E-state index contributed by atoms with van der Waals surface area (Å²) in [6, 6.07) is 34.2. The van der Waals surface area contributed by atoms with Crippen molar-refractivity contribution in [2.45, 2.75) is 44.6 Å². The Labute approximate surface area is 294 Å². The maximum atomic E-state index is 2.55. The second-order valence-electron chi connectivity index (χ2n) is 14.7. The van der Waals surface area contributed by atoms with Gasteiger partial charge in [-0.05, 0) is 113 Å². The van der Waals surface area contributed by atoms with E-state index in [1.54, 1.807) is 0 Å². The number of anilines is 1. The highest BCUT2D eigenvalue weighted by Gasteiger charge is 2.40. The molecule has 50 heavy (non-hydrogen) atoms. The Balaban J connectivity index is 1.17. The van der Waals surface area contributed by atoms with Gasteiger partial charge in [0.2, 0.25) is 0 Å². The molecule has 1 fully saturated rings. The molecule has 1 aromatic heterocycles. The van der Waals surface area contributed by atoms with Crippen LogP contribution in [0.1, 0.15) is 49.8 Å². The molecule has 10 rings (SSSR count). The fourth-order valence-corrected chi connectivity index (χ4v) is 9.17. The SMILES string of the molecule is CC1(C)C2=C(C=CCC=C2)c2cc3c4cc(C5=C\CCC=C6/C(=C\5)C5C=CC=CC5N6c5ccccc5)ccc4n(-c4ccccc4)c3cc21. The molecular weight excluding hydrogens is 605 g/mol. The fourth-order valence-electron chi connectivity index (χ4n) is 9.17. The van der Waals surface area contributed by atoms with Crippen LogP contribution in [0.5, 0.6) is 0 Å². The summed E-state index contributed by atoms with van der Waals surface area (Å²) in [5.74, 6) is 0.312. The van der Waals surface area contributed by atoms with E-state index in [-0.39, 0.29) is 11.5 Å². The second kappa shape index (κ2) is 11.2. The van der Waals surface area contributed by atoms with Crippen molar-refractivity contribution in [3.05, 3.63) is 191 Å². The van der Waals surface area contributed by atoms with E-state index in [2.05, 4.69) is 181 Å². The van der Waals surface area contributed by atoms with Crippen molar-refractivity contribution in [3.8, 4) is 5.69 Å². The van der Waals surface area contributed by atoms with Crippen molar-refractivity contribution < 1.29 is 0 Å². The summed E-state index contributed by atoms with van der Waals surface area (Å²) >= 11 is 0. The van der Waals surface area contributed by atoms with Gasteiger partial charge in [0, 0.05) is 39.2 Å². The first-order valence-electron chi connectivity index (χ1n) is 18.2. The number of allylic oxidation sites excluding steroid dienone is 13. The van der Waals surface area contributed by atoms with Crippen LogP contribution in [0.25, 0.3) is 38.6 Å². The molecule has 2 nitrogen and oxygen atoms in total. The molecule has 0 spiro atoms. The average molecular weight is 645 g/mol. The van der Waals surface area contributed by atoms with Crippen LogP contribution < -0.4 is 4.90 Å². The van der Waals surface area contributed by atoms with Crippen LogP contribution in [0.3, 0.4) is 0 Å². The Hall–Kier alpha value is -5.60. The van der Waals surface area contributed by atoms with E-state index < -0.39 is 0 Å². The average Bonchev–Trinajstić information content (AvgIpc) is 3.57. The lowest BCUT2D eigenvalue weighted by Gasteiger charge is -2.28. The highest BCUT2D eigenvalue weighted by atomic mass is 15.2. The van der Waals surface area contributed by atoms with Crippen LogP contribution in [0, 0.1) is 5.92 Å². The van der Waals surface area contributed by atoms with E-state index in [9.17, 15) is 0 Å². The van der Waals surface area contributed by atoms with Crippen molar-refractivity contribution in [1.29, 1.82) is 0 Å². The third kappa shape index (κ3) is 4.34. The van der Waals surface area contributed by atoms with E-state index in [0.717, 1.165) is 19.3 Å². The molecule has 1 saturated heterocycles. The lowest BCUT2D eigenvalue weighted by atomic mass is 9.80. The predicted octanol–water partition coefficient (Wildman–Crippen LogP) is 12.0. The number of benzene rings is 4. The Bertz CT molecular complexity index is 2470. The Morgan fingerprint density at radius 1 is 0.700 bits per heavy atom. The standard InChI is InChI=1S/C48H40N2/c1-48(2)42-23-11-5-10-21-36(42)38-30-41-40-29-33(26-27-46(40)50(47(41)31-43(38)48)35-19-8-4-9-20-35)32-16-12-14-25-45-39(28-32)37-22-13-15-24-44(37)49(45)34-17-6-3-7-18-34/h3-4,6-11,13,15-31,37,44H,5,12,14H2,1-2H3/b32-16-,39-28-,45-25?. The van der Waals surface area contributed by atoms with Gasteiger partial charge in [0.05, 0.1) is 17.1 Å². The summed E-state index contributed by atoms with van der Waals surface area (Å²) in [4.78, 5) is 2.55. The lowest BCUT2D eigenvalue weighted by Crippen LogP contribution is -2.30. The lowest BCUT2D eigenvalue weighted by molar-refractivity contribution is 0.654. The molecule has 0 amide bonds. The zero-order chi connectivity index (χ0) is 33.4. The number of hydrogen-bond acceptors (Lipinski definition) is 1. The zero-order valence-corrected chi connectivity index (χ0v) is 28.7. The third-order valence-corrected chi connectivity index (χ3v) is 11.6. The highest BCUT2D eigenvalue weighted by molar-refractivity contribution is 6.12. The summed E-state index contributed by atoms with van der Waals surface area (Å²) in [5, 5.41) is 2.61. The summed E-state index contributed by atoms with van der Waals surface area (Å²) in [7, 11) is 0. The van der Waals surface area contributed by atoms with Gasteiger partial charge in [-0.25, -0.2) is 0 Å². The molecule has 2 atom stereocenters. The highest BCUT2D eigenvalue weighted by Crippen LogP contribution is 2.51. The molecule has 0 saturated carbocycles. The summed E-state index contributed by atoms with van der Waals surface area (Å²) in [6.45, 7) is 4.77. The fraction of sp³-hybridized carbons (Fsp3) is 0.167. The Morgan fingerprint density at radius 2 is 1.44 bits per heavy atom. The molecule has 2 heteroatoms. The minimum atomic E-state index is -0.0657. The number of rotatable bonds is 3. The molecule has 5 aliphatic rings. The molecule has 242 valence electrons. The van der Waals surface area contributed by atoms with E-state index >= 15 is 0 Å². The molecule has 1 aliphatic heterocycles. The van der Waals surface area contributed by atoms with Crippen LogP contribution in [0.15, 0.2) is 175 Å². The Kier molecular flexibility index (Phi) is 6.58. The number of aromatic nitrogens is 1. The molecule has 0 N–H and O–H groups in total. The molecular formula is C48H40N2. The summed E-state index contributed by atoms with van der Waals surface area (Å²) in [6.07, 6.45) is 29.0. The zero-order valence-electron chi connectivity index (χ0n) is 28.7. The molecule has 0 radical (unpaired) electrons. The Morgan fingerprint density at radius 3 is 2.28 bits per heavy atom. The van der Waals surface area contributed by atoms with Gasteiger partial charge in [-0.1, -0.05) is 117 Å². The molecule has 5 aromatic rings. The van der Waals surface area contributed by atoms with Crippen LogP contribution in [-0.2, 0) is 5.41 Å². The molecule has 0 bridgehead atoms. The van der Waals surface area contributed by atoms with Crippen molar-refractivity contribution in [1.82, 2.24) is 4.57 Å². The van der Waals surface area contributed by atoms with Crippen molar-refractivity contribution in [2.24, 2.45) is 5.92 Å². The van der Waals surface area contributed by atoms with Gasteiger partial charge >= 0.3 is 0 Å². The van der Waals surface area contributed by atoms with Crippen LogP contribution in [0.4, 0.5) is 5.69 Å². The second-order valence-corrected chi connectivity index (χ2v) is 14.7. The number of fused-ring (bicyclic) bond motifs is 8. The van der Waals surface area contributed by atoms with E-state index in [1.165, 1.54) is 77.9 Å². The van der Waals surface area contributed by atoms with Crippen molar-refractivity contribution >= 4 is 38.6 Å². The third-order valence-electron chi connectivity index (χ3n) is 11.6. The number of para-hydroxylation sites is 2. The van der Waals surface area contributed by atoms with E-state index in [1.807, 2.05) is 0 Å². The van der Waals surface area contributed by atoms with Gasteiger partial charge in [0.25, 0.3) is 0 Å². The topological polar surface area (TPSA) is 8.17 Å². The molecule has 2 heterocycles. The molecule has 4 aliphatic carbocycles. The minimum absolute atomic E-state index is 0.0657. The normalized spacial score (nSPS) is 23.7. The molecule has 4 aromatic carbocycles. The summed E-state index contributed by atoms with van der Waals surface area (Å²) < 4.78 is 2.48. The predicted molar refractivity (Wildman–Crippen MR) is 211 cm³/mol. The van der Waals surface area contributed by atoms with Crippen molar-refractivity contribution in [2.75, 3.05) is 4.90 Å². The first kappa shape index (κ1) is 29.3. The number of nitrogens with zero attached hydrogens (tertiary/aromatic N) is 2. The van der Waals surface area contributed by atoms with Gasteiger partial charge in [-0.2, -0.15) is 0 Å². The van der Waals surface area contributed by atoms with E-state index in [4.69, 9.17) is 0 Å². The van der Waals surface area contributed by atoms with Gasteiger partial charge in [0.15, 0.2) is 0 Å². The van der Waals surface area contributed by atoms with Gasteiger partial charge in [0.1, 0.15) is 0 Å². The smallest absolute Gasteiger partial charge is 0.0629 e. The maximum absolute atomic E-state index is 2.55. The van der Waals surface area contributed by atoms with Gasteiger partial charge in [-0.3, -0.25) is 0 Å². The first-order chi connectivity index (χ1) is 24.6. The van der Waals surface area contributed by atoms with Crippen LogP contribution in [0.2, 0.25) is 0 Å². The molecule has 2 unspecified atom stereocenters. The van der Waals surface area contributed by atoms with Crippen LogP contribution >= 0.6 is 0 Å². The van der Waals surface area contributed by atoms with E-state index in [0.29, 0.717) is 5.92 Å².